The summed E-state index contributed by atoms with van der Waals surface area (Å²) in [5.74, 6) is 0.166. The van der Waals surface area contributed by atoms with Crippen molar-refractivity contribution in [3.05, 3.63) is 94.8 Å². The SMILES string of the molecule is COc1ccccc1NC(=O)c1ccc(NS(=O)(=O)c2ccc3oc(=O)ccc3c2)cc1. The van der Waals surface area contributed by atoms with E-state index >= 15 is 0 Å². The molecule has 9 heteroatoms. The molecule has 2 N–H and O–H groups in total. The van der Waals surface area contributed by atoms with Gasteiger partial charge >= 0.3 is 5.63 Å². The van der Waals surface area contributed by atoms with Gasteiger partial charge < -0.3 is 14.5 Å². The predicted octanol–water partition coefficient (Wildman–Crippen LogP) is 3.85. The van der Waals surface area contributed by atoms with E-state index in [1.165, 1.54) is 61.7 Å². The van der Waals surface area contributed by atoms with Crippen molar-refractivity contribution in [3.63, 3.8) is 0 Å². The Morgan fingerprint density at radius 3 is 2.44 bits per heavy atom. The fourth-order valence-electron chi connectivity index (χ4n) is 3.06. The molecule has 0 aliphatic heterocycles. The van der Waals surface area contributed by atoms with E-state index in [0.29, 0.717) is 33.7 Å². The van der Waals surface area contributed by atoms with Crippen LogP contribution in [0.25, 0.3) is 11.0 Å². The van der Waals surface area contributed by atoms with Gasteiger partial charge in [0.1, 0.15) is 11.3 Å². The van der Waals surface area contributed by atoms with Crippen LogP contribution >= 0.6 is 0 Å². The average Bonchev–Trinajstić information content (AvgIpc) is 2.79. The van der Waals surface area contributed by atoms with E-state index in [1.54, 1.807) is 24.3 Å². The maximum Gasteiger partial charge on any atom is 0.336 e. The van der Waals surface area contributed by atoms with Crippen molar-refractivity contribution in [2.24, 2.45) is 0 Å². The van der Waals surface area contributed by atoms with Crippen LogP contribution in [-0.4, -0.2) is 21.4 Å². The molecule has 0 saturated carbocycles. The lowest BCUT2D eigenvalue weighted by Crippen LogP contribution is -2.14. The third-order valence-electron chi connectivity index (χ3n) is 4.66. The third-order valence-corrected chi connectivity index (χ3v) is 6.03. The molecule has 0 atom stereocenters. The largest absolute Gasteiger partial charge is 0.495 e. The van der Waals surface area contributed by atoms with Gasteiger partial charge in [0, 0.05) is 22.7 Å². The van der Waals surface area contributed by atoms with Crippen LogP contribution in [0.5, 0.6) is 5.75 Å². The molecule has 4 aromatic rings. The fourth-order valence-corrected chi connectivity index (χ4v) is 4.16. The van der Waals surface area contributed by atoms with Crippen LogP contribution in [0.3, 0.4) is 0 Å². The summed E-state index contributed by atoms with van der Waals surface area (Å²) >= 11 is 0. The van der Waals surface area contributed by atoms with Crippen LogP contribution in [0.1, 0.15) is 10.4 Å². The Morgan fingerprint density at radius 2 is 1.69 bits per heavy atom. The van der Waals surface area contributed by atoms with Gasteiger partial charge in [0.15, 0.2) is 0 Å². The number of hydrogen-bond acceptors (Lipinski definition) is 6. The number of methoxy groups -OCH3 is 1. The summed E-state index contributed by atoms with van der Waals surface area (Å²) in [6, 6.07) is 19.9. The van der Waals surface area contributed by atoms with Crippen molar-refractivity contribution < 1.29 is 22.4 Å². The number of fused-ring (bicyclic) bond motifs is 1. The molecule has 162 valence electrons. The van der Waals surface area contributed by atoms with Gasteiger partial charge in [0.05, 0.1) is 17.7 Å². The van der Waals surface area contributed by atoms with Crippen LogP contribution < -0.4 is 20.4 Å². The molecule has 0 saturated heterocycles. The van der Waals surface area contributed by atoms with Crippen LogP contribution in [0.4, 0.5) is 11.4 Å². The number of rotatable bonds is 6. The van der Waals surface area contributed by atoms with Crippen molar-refractivity contribution in [2.75, 3.05) is 17.1 Å². The highest BCUT2D eigenvalue weighted by Gasteiger charge is 2.16. The summed E-state index contributed by atoms with van der Waals surface area (Å²) in [7, 11) is -2.38. The first-order valence-corrected chi connectivity index (χ1v) is 11.0. The Hall–Kier alpha value is -4.11. The minimum absolute atomic E-state index is 0.0110. The first-order valence-electron chi connectivity index (χ1n) is 9.47. The van der Waals surface area contributed by atoms with E-state index in [0.717, 1.165) is 0 Å². The van der Waals surface area contributed by atoms with Crippen molar-refractivity contribution in [1.29, 1.82) is 0 Å². The smallest absolute Gasteiger partial charge is 0.336 e. The molecule has 0 fully saturated rings. The van der Waals surface area contributed by atoms with E-state index in [1.807, 2.05) is 0 Å². The van der Waals surface area contributed by atoms with E-state index in [-0.39, 0.29) is 10.8 Å². The second-order valence-electron chi connectivity index (χ2n) is 6.79. The Morgan fingerprint density at radius 1 is 0.938 bits per heavy atom. The highest BCUT2D eigenvalue weighted by molar-refractivity contribution is 7.92. The number of sulfonamides is 1. The Kier molecular flexibility index (Phi) is 5.65. The second-order valence-corrected chi connectivity index (χ2v) is 8.47. The van der Waals surface area contributed by atoms with E-state index < -0.39 is 15.6 Å². The zero-order chi connectivity index (χ0) is 22.7. The molecular weight excluding hydrogens is 432 g/mol. The van der Waals surface area contributed by atoms with Crippen molar-refractivity contribution in [2.45, 2.75) is 4.90 Å². The van der Waals surface area contributed by atoms with Crippen LogP contribution in [-0.2, 0) is 10.0 Å². The predicted molar refractivity (Wildman–Crippen MR) is 121 cm³/mol. The van der Waals surface area contributed by atoms with Gasteiger partial charge in [-0.15, -0.1) is 0 Å². The molecule has 0 radical (unpaired) electrons. The first-order chi connectivity index (χ1) is 15.4. The third kappa shape index (κ3) is 4.47. The second kappa shape index (κ2) is 8.56. The number of carbonyl (C=O) groups excluding carboxylic acids is 1. The van der Waals surface area contributed by atoms with Crippen molar-refractivity contribution in [1.82, 2.24) is 0 Å². The standard InChI is InChI=1S/C23H18N2O6S/c1-30-21-5-3-2-4-19(21)24-23(27)15-6-9-17(10-7-15)25-32(28,29)18-11-12-20-16(14-18)8-13-22(26)31-20/h2-14,25H,1H3,(H,24,27). The molecule has 8 nitrogen and oxygen atoms in total. The minimum atomic E-state index is -3.89. The molecule has 4 rings (SSSR count). The van der Waals surface area contributed by atoms with Crippen LogP contribution in [0.2, 0.25) is 0 Å². The molecule has 0 aliphatic carbocycles. The minimum Gasteiger partial charge on any atom is -0.495 e. The molecule has 0 spiro atoms. The molecule has 3 aromatic carbocycles. The number of benzene rings is 3. The summed E-state index contributed by atoms with van der Waals surface area (Å²) < 4.78 is 38.2. The number of nitrogens with one attached hydrogen (secondary N) is 2. The fraction of sp³-hybridized carbons (Fsp3) is 0.0435. The normalized spacial score (nSPS) is 11.2. The number of anilines is 2. The summed E-state index contributed by atoms with van der Waals surface area (Å²) in [4.78, 5) is 23.8. The monoisotopic (exact) mass is 450 g/mol. The molecule has 0 bridgehead atoms. The molecule has 1 heterocycles. The molecule has 0 unspecified atom stereocenters. The summed E-state index contributed by atoms with van der Waals surface area (Å²) in [6.07, 6.45) is 0. The lowest BCUT2D eigenvalue weighted by molar-refractivity contribution is 0.102. The lowest BCUT2D eigenvalue weighted by atomic mass is 10.2. The van der Waals surface area contributed by atoms with Gasteiger partial charge in [-0.25, -0.2) is 13.2 Å². The van der Waals surface area contributed by atoms with Crippen LogP contribution in [0.15, 0.2) is 93.0 Å². The molecule has 0 aliphatic rings. The maximum atomic E-state index is 12.7. The van der Waals surface area contributed by atoms with Crippen LogP contribution in [0, 0.1) is 0 Å². The van der Waals surface area contributed by atoms with E-state index in [2.05, 4.69) is 10.0 Å². The quantitative estimate of drug-likeness (QED) is 0.431. The zero-order valence-electron chi connectivity index (χ0n) is 16.9. The summed E-state index contributed by atoms with van der Waals surface area (Å²) in [6.45, 7) is 0. The Bertz CT molecular complexity index is 1460. The zero-order valence-corrected chi connectivity index (χ0v) is 17.7. The molecule has 1 amide bonds. The van der Waals surface area contributed by atoms with Gasteiger partial charge in [0.2, 0.25) is 0 Å². The van der Waals surface area contributed by atoms with Gasteiger partial charge in [-0.1, -0.05) is 12.1 Å². The number of para-hydroxylation sites is 2. The molecule has 1 aromatic heterocycles. The van der Waals surface area contributed by atoms with E-state index in [9.17, 15) is 18.0 Å². The van der Waals surface area contributed by atoms with Gasteiger partial charge in [-0.05, 0) is 60.7 Å². The highest BCUT2D eigenvalue weighted by atomic mass is 32.2. The van der Waals surface area contributed by atoms with Crippen molar-refractivity contribution in [3.8, 4) is 5.75 Å². The Labute approximate surface area is 183 Å². The summed E-state index contributed by atoms with van der Waals surface area (Å²) in [5, 5.41) is 3.24. The molecular formula is C23H18N2O6S. The number of ether oxygens (including phenoxy) is 1. The lowest BCUT2D eigenvalue weighted by Gasteiger charge is -2.11. The van der Waals surface area contributed by atoms with E-state index in [4.69, 9.17) is 9.15 Å². The topological polar surface area (TPSA) is 115 Å². The number of carbonyl (C=O) groups is 1. The highest BCUT2D eigenvalue weighted by Crippen LogP contribution is 2.24. The van der Waals surface area contributed by atoms with Crippen molar-refractivity contribution >= 4 is 38.3 Å². The number of amides is 1. The average molecular weight is 450 g/mol. The van der Waals surface area contributed by atoms with Gasteiger partial charge in [-0.2, -0.15) is 0 Å². The number of hydrogen-bond donors (Lipinski definition) is 2. The Balaban J connectivity index is 1.51. The first kappa shape index (κ1) is 21.1. The van der Waals surface area contributed by atoms with Gasteiger partial charge in [-0.3, -0.25) is 9.52 Å². The maximum absolute atomic E-state index is 12.7. The molecule has 32 heavy (non-hydrogen) atoms. The summed E-state index contributed by atoms with van der Waals surface area (Å²) in [5.41, 5.74) is 0.943. The van der Waals surface area contributed by atoms with Gasteiger partial charge in [0.25, 0.3) is 15.9 Å².